The van der Waals surface area contributed by atoms with Crippen molar-refractivity contribution in [1.29, 1.82) is 0 Å². The Morgan fingerprint density at radius 2 is 1.45 bits per heavy atom. The van der Waals surface area contributed by atoms with Gasteiger partial charge in [0, 0.05) is 5.92 Å². The zero-order chi connectivity index (χ0) is 15.1. The van der Waals surface area contributed by atoms with Gasteiger partial charge in [0.25, 0.3) is 0 Å². The Hall–Kier alpha value is -0.700. The Balaban J connectivity index is 4.07. The predicted molar refractivity (Wildman–Crippen MR) is 92.8 cm³/mol. The van der Waals surface area contributed by atoms with Crippen LogP contribution in [0.2, 0.25) is 0 Å². The van der Waals surface area contributed by atoms with Gasteiger partial charge in [0.15, 0.2) is 0 Å². The first-order valence-corrected chi connectivity index (χ1v) is 8.87. The van der Waals surface area contributed by atoms with E-state index in [0.29, 0.717) is 5.92 Å². The number of allylic oxidation sites excluding steroid dienone is 2. The molecule has 0 heteroatoms. The van der Waals surface area contributed by atoms with Crippen molar-refractivity contribution in [2.75, 3.05) is 0 Å². The van der Waals surface area contributed by atoms with E-state index in [1.807, 2.05) is 6.92 Å². The van der Waals surface area contributed by atoms with Crippen molar-refractivity contribution in [1.82, 2.24) is 0 Å². The zero-order valence-electron chi connectivity index (χ0n) is 14.4. The predicted octanol–water partition coefficient (Wildman–Crippen LogP) is 6.76. The van der Waals surface area contributed by atoms with Crippen molar-refractivity contribution in [3.63, 3.8) is 0 Å². The highest BCUT2D eigenvalue weighted by Crippen LogP contribution is 2.26. The third-order valence-corrected chi connectivity index (χ3v) is 4.10. The molecular formula is C20H36. The maximum Gasteiger partial charge on any atom is 0.0228 e. The van der Waals surface area contributed by atoms with E-state index in [1.165, 1.54) is 64.2 Å². The van der Waals surface area contributed by atoms with Crippen molar-refractivity contribution >= 4 is 0 Å². The fourth-order valence-corrected chi connectivity index (χ4v) is 2.81. The molecule has 0 aromatic heterocycles. The Morgan fingerprint density at radius 1 is 0.850 bits per heavy atom. The number of hydrogen-bond donors (Lipinski definition) is 0. The number of rotatable bonds is 12. The molecule has 2 atom stereocenters. The summed E-state index contributed by atoms with van der Waals surface area (Å²) in [5.74, 6) is 8.02. The summed E-state index contributed by atoms with van der Waals surface area (Å²) >= 11 is 0. The largest absolute Gasteiger partial charge is 0.106 e. The second kappa shape index (κ2) is 14.7. The maximum atomic E-state index is 3.44. The van der Waals surface area contributed by atoms with Crippen LogP contribution in [0.25, 0.3) is 0 Å². The van der Waals surface area contributed by atoms with Crippen LogP contribution in [0.1, 0.15) is 91.9 Å². The molecule has 0 aliphatic carbocycles. The standard InChI is InChI=1S/C20H36/c1-5-9-11-12-13-14-15-18-20(17-10-6-2)19(8-4)16-7-3/h12-13,19-20H,5-6,8-11,14-15,17-18H2,1-4H3. The molecule has 0 amide bonds. The molecule has 116 valence electrons. The average molecular weight is 277 g/mol. The van der Waals surface area contributed by atoms with Crippen LogP contribution in [0, 0.1) is 23.7 Å². The smallest absolute Gasteiger partial charge is 0.0228 e. The van der Waals surface area contributed by atoms with Crippen molar-refractivity contribution in [2.45, 2.75) is 91.9 Å². The minimum absolute atomic E-state index is 0.621. The third-order valence-electron chi connectivity index (χ3n) is 4.10. The van der Waals surface area contributed by atoms with Gasteiger partial charge in [0.1, 0.15) is 0 Å². The van der Waals surface area contributed by atoms with E-state index in [1.54, 1.807) is 0 Å². The van der Waals surface area contributed by atoms with E-state index in [0.717, 1.165) is 5.92 Å². The summed E-state index contributed by atoms with van der Waals surface area (Å²) in [6, 6.07) is 0. The van der Waals surface area contributed by atoms with Crippen LogP contribution in [0.5, 0.6) is 0 Å². The van der Waals surface area contributed by atoms with E-state index < -0.39 is 0 Å². The Labute approximate surface area is 128 Å². The Morgan fingerprint density at radius 3 is 2.00 bits per heavy atom. The van der Waals surface area contributed by atoms with Crippen molar-refractivity contribution in [2.24, 2.45) is 11.8 Å². The fraction of sp³-hybridized carbons (Fsp3) is 0.800. The highest BCUT2D eigenvalue weighted by molar-refractivity contribution is 5.02. The van der Waals surface area contributed by atoms with Gasteiger partial charge in [0.05, 0.1) is 0 Å². The van der Waals surface area contributed by atoms with Crippen LogP contribution in [0.4, 0.5) is 0 Å². The number of unbranched alkanes of at least 4 members (excludes halogenated alkanes) is 4. The quantitative estimate of drug-likeness (QED) is 0.210. The molecule has 0 nitrogen and oxygen atoms in total. The van der Waals surface area contributed by atoms with Gasteiger partial charge in [-0.05, 0) is 51.4 Å². The first-order valence-electron chi connectivity index (χ1n) is 8.87. The van der Waals surface area contributed by atoms with E-state index in [9.17, 15) is 0 Å². The molecule has 0 saturated carbocycles. The monoisotopic (exact) mass is 276 g/mol. The molecule has 0 heterocycles. The second-order valence-electron chi connectivity index (χ2n) is 5.86. The Bertz CT molecular complexity index is 276. The molecule has 0 bridgehead atoms. The lowest BCUT2D eigenvalue weighted by Gasteiger charge is -2.22. The lowest BCUT2D eigenvalue weighted by atomic mass is 9.83. The molecule has 0 saturated heterocycles. The zero-order valence-corrected chi connectivity index (χ0v) is 14.4. The molecule has 0 fully saturated rings. The van der Waals surface area contributed by atoms with Gasteiger partial charge >= 0.3 is 0 Å². The molecule has 0 aliphatic rings. The van der Waals surface area contributed by atoms with Gasteiger partial charge < -0.3 is 0 Å². The van der Waals surface area contributed by atoms with Gasteiger partial charge in [-0.2, -0.15) is 0 Å². The maximum absolute atomic E-state index is 3.44. The van der Waals surface area contributed by atoms with Crippen molar-refractivity contribution in [3.05, 3.63) is 12.2 Å². The van der Waals surface area contributed by atoms with Crippen LogP contribution in [0.3, 0.4) is 0 Å². The minimum Gasteiger partial charge on any atom is -0.106 e. The highest BCUT2D eigenvalue weighted by atomic mass is 14.2. The fourth-order valence-electron chi connectivity index (χ4n) is 2.81. The average Bonchev–Trinajstić information content (AvgIpc) is 2.47. The normalized spacial score (nSPS) is 14.0. The SMILES string of the molecule is CC#CC(CC)C(CCCC)CCCC=CCCCC. The summed E-state index contributed by atoms with van der Waals surface area (Å²) < 4.78 is 0. The van der Waals surface area contributed by atoms with Gasteiger partial charge in [0.2, 0.25) is 0 Å². The van der Waals surface area contributed by atoms with Gasteiger partial charge in [-0.1, -0.05) is 64.5 Å². The van der Waals surface area contributed by atoms with Gasteiger partial charge in [-0.25, -0.2) is 0 Å². The molecule has 0 N–H and O–H groups in total. The summed E-state index contributed by atoms with van der Waals surface area (Å²) in [6.07, 6.45) is 17.8. The first-order chi connectivity index (χ1) is 9.79. The summed E-state index contributed by atoms with van der Waals surface area (Å²) in [6.45, 7) is 8.82. The van der Waals surface area contributed by atoms with Gasteiger partial charge in [-0.3, -0.25) is 0 Å². The lowest BCUT2D eigenvalue weighted by Crippen LogP contribution is -2.13. The van der Waals surface area contributed by atoms with Crippen LogP contribution in [0.15, 0.2) is 12.2 Å². The summed E-state index contributed by atoms with van der Waals surface area (Å²) in [4.78, 5) is 0. The molecular weight excluding hydrogens is 240 g/mol. The van der Waals surface area contributed by atoms with Crippen molar-refractivity contribution < 1.29 is 0 Å². The summed E-state index contributed by atoms with van der Waals surface area (Å²) in [7, 11) is 0. The second-order valence-corrected chi connectivity index (χ2v) is 5.86. The molecule has 20 heavy (non-hydrogen) atoms. The van der Waals surface area contributed by atoms with Crippen LogP contribution >= 0.6 is 0 Å². The first kappa shape index (κ1) is 19.3. The molecule has 2 unspecified atom stereocenters. The lowest BCUT2D eigenvalue weighted by molar-refractivity contribution is 0.331. The van der Waals surface area contributed by atoms with E-state index >= 15 is 0 Å². The minimum atomic E-state index is 0.621. The van der Waals surface area contributed by atoms with E-state index in [2.05, 4.69) is 44.8 Å². The molecule has 0 aromatic rings. The summed E-state index contributed by atoms with van der Waals surface area (Å²) in [5, 5.41) is 0. The molecule has 0 radical (unpaired) electrons. The topological polar surface area (TPSA) is 0 Å². The van der Waals surface area contributed by atoms with Crippen LogP contribution in [-0.2, 0) is 0 Å². The Kier molecular flexibility index (Phi) is 14.2. The molecule has 0 aromatic carbocycles. The number of hydrogen-bond acceptors (Lipinski definition) is 0. The molecule has 0 aliphatic heterocycles. The van der Waals surface area contributed by atoms with Crippen molar-refractivity contribution in [3.8, 4) is 11.8 Å². The molecule has 0 spiro atoms. The van der Waals surface area contributed by atoms with E-state index in [4.69, 9.17) is 0 Å². The molecule has 0 rings (SSSR count). The van der Waals surface area contributed by atoms with Gasteiger partial charge in [-0.15, -0.1) is 5.92 Å². The summed E-state index contributed by atoms with van der Waals surface area (Å²) in [5.41, 5.74) is 0. The third kappa shape index (κ3) is 10.1. The van der Waals surface area contributed by atoms with Crippen LogP contribution < -0.4 is 0 Å². The highest BCUT2D eigenvalue weighted by Gasteiger charge is 2.16. The van der Waals surface area contributed by atoms with E-state index in [-0.39, 0.29) is 0 Å². The van der Waals surface area contributed by atoms with Crippen LogP contribution in [-0.4, -0.2) is 0 Å².